The number of hydrogen-bond donors (Lipinski definition) is 1. The molecule has 0 spiro atoms. The summed E-state index contributed by atoms with van der Waals surface area (Å²) in [6.45, 7) is 2.75. The predicted molar refractivity (Wildman–Crippen MR) is 164 cm³/mol. The molecule has 1 aromatic heterocycles. The van der Waals surface area contributed by atoms with E-state index in [4.69, 9.17) is 4.74 Å². The number of aryl methyl sites for hydroxylation is 1. The Morgan fingerprint density at radius 2 is 1.73 bits per heavy atom. The van der Waals surface area contributed by atoms with Crippen LogP contribution in [0.1, 0.15) is 46.7 Å². The van der Waals surface area contributed by atoms with E-state index in [2.05, 4.69) is 17.4 Å². The zero-order valence-corrected chi connectivity index (χ0v) is 25.3. The quantitative estimate of drug-likeness (QED) is 0.135. The highest BCUT2D eigenvalue weighted by Crippen LogP contribution is 2.42. The number of pyridine rings is 1. The van der Waals surface area contributed by atoms with Gasteiger partial charge in [0.2, 0.25) is 0 Å². The lowest BCUT2D eigenvalue weighted by Crippen LogP contribution is -2.33. The summed E-state index contributed by atoms with van der Waals surface area (Å²) in [5.41, 5.74) is -0.0739. The number of thioether (sulfide) groups is 1. The van der Waals surface area contributed by atoms with E-state index >= 15 is 8.78 Å². The molecule has 10 heteroatoms. The van der Waals surface area contributed by atoms with E-state index in [-0.39, 0.29) is 22.9 Å². The third kappa shape index (κ3) is 6.56. The molecule has 1 N–H and O–H groups in total. The SMILES string of the molecule is COc1cccc(-c2c(C)c(Cc3c(F)cccc3C(F)(F)F)c3n(c2=O)C(CNCCCCc2ccccc2)CS3)c1F. The van der Waals surface area contributed by atoms with Crippen molar-refractivity contribution in [1.29, 1.82) is 0 Å². The first-order valence-electron chi connectivity index (χ1n) is 14.4. The fraction of sp³-hybridized carbons (Fsp3) is 0.324. The van der Waals surface area contributed by atoms with Crippen molar-refractivity contribution in [2.75, 3.05) is 26.0 Å². The molecule has 0 fully saturated rings. The molecule has 0 saturated heterocycles. The van der Waals surface area contributed by atoms with Crippen LogP contribution in [0.15, 0.2) is 76.6 Å². The molecule has 44 heavy (non-hydrogen) atoms. The summed E-state index contributed by atoms with van der Waals surface area (Å²) < 4.78 is 79.1. The molecule has 1 aliphatic rings. The summed E-state index contributed by atoms with van der Waals surface area (Å²) in [7, 11) is 1.31. The second-order valence-electron chi connectivity index (χ2n) is 10.8. The van der Waals surface area contributed by atoms with Gasteiger partial charge in [0.05, 0.1) is 29.3 Å². The van der Waals surface area contributed by atoms with Gasteiger partial charge in [0, 0.05) is 29.8 Å². The third-order valence-electron chi connectivity index (χ3n) is 8.04. The van der Waals surface area contributed by atoms with Crippen LogP contribution in [0.4, 0.5) is 22.0 Å². The molecule has 1 atom stereocenters. The summed E-state index contributed by atoms with van der Waals surface area (Å²) in [4.78, 5) is 14.1. The van der Waals surface area contributed by atoms with E-state index in [9.17, 15) is 18.0 Å². The Kier molecular flexibility index (Phi) is 9.80. The van der Waals surface area contributed by atoms with Crippen molar-refractivity contribution >= 4 is 11.8 Å². The van der Waals surface area contributed by atoms with Crippen LogP contribution >= 0.6 is 11.8 Å². The third-order valence-corrected chi connectivity index (χ3v) is 9.30. The normalized spacial score (nSPS) is 14.6. The lowest BCUT2D eigenvalue weighted by molar-refractivity contribution is -0.138. The molecular formula is C34H33F5N2O2S. The molecule has 0 saturated carbocycles. The highest BCUT2D eigenvalue weighted by Gasteiger charge is 2.36. The molecule has 232 valence electrons. The Hall–Kier alpha value is -3.63. The topological polar surface area (TPSA) is 43.3 Å². The fourth-order valence-electron chi connectivity index (χ4n) is 5.78. The number of benzene rings is 3. The van der Waals surface area contributed by atoms with Gasteiger partial charge in [-0.2, -0.15) is 13.2 Å². The van der Waals surface area contributed by atoms with Crippen LogP contribution in [0.2, 0.25) is 0 Å². The van der Waals surface area contributed by atoms with Crippen LogP contribution in [0.25, 0.3) is 11.1 Å². The number of hydrogen-bond acceptors (Lipinski definition) is 4. The summed E-state index contributed by atoms with van der Waals surface area (Å²) in [6.07, 6.45) is -2.32. The first-order chi connectivity index (χ1) is 21.1. The highest BCUT2D eigenvalue weighted by atomic mass is 32.2. The molecule has 4 nitrogen and oxygen atoms in total. The molecular weight excluding hydrogens is 595 g/mol. The molecule has 0 radical (unpaired) electrons. The zero-order valence-electron chi connectivity index (χ0n) is 24.4. The average molecular weight is 629 g/mol. The van der Waals surface area contributed by atoms with Crippen LogP contribution < -0.4 is 15.6 Å². The van der Waals surface area contributed by atoms with E-state index in [1.807, 2.05) is 18.2 Å². The average Bonchev–Trinajstić information content (AvgIpc) is 3.42. The van der Waals surface area contributed by atoms with Gasteiger partial charge in [0.1, 0.15) is 5.82 Å². The van der Waals surface area contributed by atoms with Gasteiger partial charge in [0.15, 0.2) is 11.6 Å². The second kappa shape index (κ2) is 13.6. The van der Waals surface area contributed by atoms with Crippen molar-refractivity contribution in [3.05, 3.63) is 117 Å². The molecule has 5 rings (SSSR count). The van der Waals surface area contributed by atoms with Gasteiger partial charge in [-0.05, 0) is 67.6 Å². The number of alkyl halides is 3. The summed E-state index contributed by atoms with van der Waals surface area (Å²) in [5, 5.41) is 3.90. The molecule has 0 bridgehead atoms. The van der Waals surface area contributed by atoms with E-state index < -0.39 is 40.9 Å². The van der Waals surface area contributed by atoms with Gasteiger partial charge >= 0.3 is 6.18 Å². The van der Waals surface area contributed by atoms with E-state index in [0.29, 0.717) is 28.5 Å². The molecule has 0 aliphatic carbocycles. The maximum atomic E-state index is 15.6. The van der Waals surface area contributed by atoms with Gasteiger partial charge in [-0.1, -0.05) is 48.5 Å². The van der Waals surface area contributed by atoms with Crippen LogP contribution in [-0.4, -0.2) is 30.5 Å². The van der Waals surface area contributed by atoms with Crippen molar-refractivity contribution in [2.45, 2.75) is 49.9 Å². The molecule has 3 aromatic carbocycles. The van der Waals surface area contributed by atoms with Crippen molar-refractivity contribution in [2.24, 2.45) is 0 Å². The molecule has 1 aliphatic heterocycles. The number of fused-ring (bicyclic) bond motifs is 1. The van der Waals surface area contributed by atoms with Crippen molar-refractivity contribution in [3.8, 4) is 16.9 Å². The molecule has 4 aromatic rings. The van der Waals surface area contributed by atoms with Gasteiger partial charge in [-0.3, -0.25) is 9.36 Å². The lowest BCUT2D eigenvalue weighted by atomic mass is 9.92. The number of nitrogens with zero attached hydrogens (tertiary/aromatic N) is 1. The standard InChI is InChI=1S/C34H33F5N2O2S/c1-21-25(18-26-27(34(37,38)39)14-9-15-28(26)35)33-41(32(42)30(21)24-13-8-16-29(43-2)31(24)36)23(20-44-33)19-40-17-7-6-12-22-10-4-3-5-11-22/h3-5,8-11,13-16,23,40H,6-7,12,17-20H2,1-2H3. The van der Waals surface area contributed by atoms with Gasteiger partial charge < -0.3 is 10.1 Å². The minimum atomic E-state index is -4.78. The van der Waals surface area contributed by atoms with Gasteiger partial charge in [-0.15, -0.1) is 11.8 Å². The Morgan fingerprint density at radius 1 is 0.977 bits per heavy atom. The Balaban J connectivity index is 1.50. The predicted octanol–water partition coefficient (Wildman–Crippen LogP) is 7.98. The van der Waals surface area contributed by atoms with Crippen molar-refractivity contribution in [3.63, 3.8) is 0 Å². The molecule has 2 heterocycles. The number of halogens is 5. The van der Waals surface area contributed by atoms with Crippen LogP contribution in [0.3, 0.4) is 0 Å². The van der Waals surface area contributed by atoms with E-state index in [1.165, 1.54) is 36.6 Å². The minimum Gasteiger partial charge on any atom is -0.494 e. The first kappa shape index (κ1) is 31.8. The summed E-state index contributed by atoms with van der Waals surface area (Å²) >= 11 is 1.35. The number of rotatable bonds is 11. The zero-order chi connectivity index (χ0) is 31.4. The number of aromatic nitrogens is 1. The lowest BCUT2D eigenvalue weighted by Gasteiger charge is -2.22. The summed E-state index contributed by atoms with van der Waals surface area (Å²) in [6, 6.07) is 17.2. The monoisotopic (exact) mass is 628 g/mol. The summed E-state index contributed by atoms with van der Waals surface area (Å²) in [5.74, 6) is -1.31. The fourth-order valence-corrected chi connectivity index (χ4v) is 7.17. The number of ether oxygens (including phenoxy) is 1. The Bertz CT molecular complexity index is 1690. The molecule has 1 unspecified atom stereocenters. The van der Waals surface area contributed by atoms with Crippen LogP contribution in [0, 0.1) is 18.6 Å². The minimum absolute atomic E-state index is 0.0162. The number of nitrogens with one attached hydrogen (secondary N) is 1. The largest absolute Gasteiger partial charge is 0.494 e. The highest BCUT2D eigenvalue weighted by molar-refractivity contribution is 7.99. The van der Waals surface area contributed by atoms with Crippen molar-refractivity contribution in [1.82, 2.24) is 9.88 Å². The first-order valence-corrected chi connectivity index (χ1v) is 15.4. The maximum absolute atomic E-state index is 15.6. The van der Waals surface area contributed by atoms with Crippen LogP contribution in [-0.2, 0) is 19.0 Å². The van der Waals surface area contributed by atoms with Gasteiger partial charge in [0.25, 0.3) is 5.56 Å². The van der Waals surface area contributed by atoms with Crippen LogP contribution in [0.5, 0.6) is 5.75 Å². The maximum Gasteiger partial charge on any atom is 0.416 e. The number of methoxy groups -OCH3 is 1. The number of unbranched alkanes of at least 4 members (excludes halogenated alkanes) is 1. The van der Waals surface area contributed by atoms with Crippen molar-refractivity contribution < 1.29 is 26.7 Å². The van der Waals surface area contributed by atoms with Gasteiger partial charge in [-0.25, -0.2) is 8.78 Å². The Labute approximate surface area is 257 Å². The van der Waals surface area contributed by atoms with E-state index in [1.54, 1.807) is 17.6 Å². The smallest absolute Gasteiger partial charge is 0.416 e. The molecule has 0 amide bonds. The second-order valence-corrected chi connectivity index (χ2v) is 11.8. The van der Waals surface area contributed by atoms with E-state index in [0.717, 1.165) is 44.0 Å². The Morgan fingerprint density at radius 3 is 2.45 bits per heavy atom.